The Hall–Kier alpha value is -0.890. The highest BCUT2D eigenvalue weighted by Gasteiger charge is 2.32. The smallest absolute Gasteiger partial charge is 0.123 e. The normalized spacial score (nSPS) is 17.3. The Morgan fingerprint density at radius 3 is 2.29 bits per heavy atom. The second kappa shape index (κ2) is 7.40. The van der Waals surface area contributed by atoms with Crippen LogP contribution < -0.4 is 5.32 Å². The Kier molecular flexibility index (Phi) is 5.80. The van der Waals surface area contributed by atoms with Crippen LogP contribution in [0.4, 0.5) is 4.39 Å². The molecule has 0 atom stereocenters. The standard InChI is InChI=1S/C19H30FN/c1-4-21-12-11-19(8-5-6-9-19)10-7-18-15(2)13-17(20)14-16(18)3/h13-14,21H,4-12H2,1-3H3. The predicted octanol–water partition coefficient (Wildman–Crippen LogP) is 4.94. The van der Waals surface area contributed by atoms with E-state index in [1.165, 1.54) is 44.1 Å². The fourth-order valence-electron chi connectivity index (χ4n) is 4.01. The van der Waals surface area contributed by atoms with Crippen LogP contribution in [-0.4, -0.2) is 13.1 Å². The molecule has 0 bridgehead atoms. The van der Waals surface area contributed by atoms with E-state index in [1.54, 1.807) is 12.1 Å². The van der Waals surface area contributed by atoms with Crippen LogP contribution in [0.25, 0.3) is 0 Å². The minimum absolute atomic E-state index is 0.100. The third-order valence-corrected chi connectivity index (χ3v) is 5.31. The summed E-state index contributed by atoms with van der Waals surface area (Å²) in [6.45, 7) is 8.47. The maximum atomic E-state index is 13.4. The third kappa shape index (κ3) is 4.29. The first-order chi connectivity index (χ1) is 10.1. The van der Waals surface area contributed by atoms with Crippen LogP contribution in [0.15, 0.2) is 12.1 Å². The molecule has 2 rings (SSSR count). The highest BCUT2D eigenvalue weighted by atomic mass is 19.1. The highest BCUT2D eigenvalue weighted by Crippen LogP contribution is 2.44. The van der Waals surface area contributed by atoms with Crippen molar-refractivity contribution in [3.63, 3.8) is 0 Å². The van der Waals surface area contributed by atoms with Gasteiger partial charge in [-0.25, -0.2) is 4.39 Å². The lowest BCUT2D eigenvalue weighted by Crippen LogP contribution is -2.25. The van der Waals surface area contributed by atoms with Crippen LogP contribution in [0.2, 0.25) is 0 Å². The zero-order valence-electron chi connectivity index (χ0n) is 13.9. The zero-order valence-corrected chi connectivity index (χ0v) is 13.9. The van der Waals surface area contributed by atoms with Gasteiger partial charge in [-0.3, -0.25) is 0 Å². The van der Waals surface area contributed by atoms with Crippen LogP contribution in [-0.2, 0) is 6.42 Å². The van der Waals surface area contributed by atoms with Crippen molar-refractivity contribution in [3.8, 4) is 0 Å². The molecule has 0 aromatic heterocycles. The van der Waals surface area contributed by atoms with Gasteiger partial charge >= 0.3 is 0 Å². The molecule has 1 saturated carbocycles. The van der Waals surface area contributed by atoms with E-state index in [9.17, 15) is 4.39 Å². The summed E-state index contributed by atoms with van der Waals surface area (Å²) < 4.78 is 13.4. The van der Waals surface area contributed by atoms with Crippen molar-refractivity contribution in [2.45, 2.75) is 65.7 Å². The molecule has 2 heteroatoms. The second-order valence-corrected chi connectivity index (χ2v) is 6.83. The van der Waals surface area contributed by atoms with Gasteiger partial charge in [-0.2, -0.15) is 0 Å². The summed E-state index contributed by atoms with van der Waals surface area (Å²) in [6.07, 6.45) is 9.16. The van der Waals surface area contributed by atoms with Gasteiger partial charge in [-0.1, -0.05) is 19.8 Å². The van der Waals surface area contributed by atoms with Gasteiger partial charge in [0.2, 0.25) is 0 Å². The SMILES string of the molecule is CCNCCC1(CCc2c(C)cc(F)cc2C)CCCC1. The number of rotatable bonds is 7. The number of hydrogen-bond acceptors (Lipinski definition) is 1. The highest BCUT2D eigenvalue weighted by molar-refractivity contribution is 5.34. The molecule has 0 radical (unpaired) electrons. The van der Waals surface area contributed by atoms with Gasteiger partial charge in [0.15, 0.2) is 0 Å². The lowest BCUT2D eigenvalue weighted by Gasteiger charge is -2.30. The first-order valence-corrected chi connectivity index (χ1v) is 8.53. The van der Waals surface area contributed by atoms with E-state index in [-0.39, 0.29) is 5.82 Å². The van der Waals surface area contributed by atoms with Crippen molar-refractivity contribution in [2.75, 3.05) is 13.1 Å². The Bertz CT molecular complexity index is 438. The summed E-state index contributed by atoms with van der Waals surface area (Å²) >= 11 is 0. The third-order valence-electron chi connectivity index (χ3n) is 5.31. The fraction of sp³-hybridized carbons (Fsp3) is 0.684. The van der Waals surface area contributed by atoms with Crippen molar-refractivity contribution >= 4 is 0 Å². The molecule has 0 heterocycles. The lowest BCUT2D eigenvalue weighted by molar-refractivity contribution is 0.245. The Labute approximate surface area is 129 Å². The molecule has 1 nitrogen and oxygen atoms in total. The van der Waals surface area contributed by atoms with Crippen molar-refractivity contribution in [1.82, 2.24) is 5.32 Å². The van der Waals surface area contributed by atoms with Gasteiger partial charge < -0.3 is 5.32 Å². The second-order valence-electron chi connectivity index (χ2n) is 6.83. The molecule has 0 amide bonds. The molecule has 0 unspecified atom stereocenters. The van der Waals surface area contributed by atoms with Gasteiger partial charge in [0.1, 0.15) is 5.82 Å². The van der Waals surface area contributed by atoms with E-state index in [0.29, 0.717) is 5.41 Å². The molecule has 1 aliphatic carbocycles. The molecule has 21 heavy (non-hydrogen) atoms. The van der Waals surface area contributed by atoms with Crippen LogP contribution in [0, 0.1) is 25.1 Å². The van der Waals surface area contributed by atoms with Crippen LogP contribution in [0.3, 0.4) is 0 Å². The number of aryl methyl sites for hydroxylation is 2. The molecule has 0 spiro atoms. The topological polar surface area (TPSA) is 12.0 Å². The molecular formula is C19H30FN. The molecule has 118 valence electrons. The summed E-state index contributed by atoms with van der Waals surface area (Å²) in [4.78, 5) is 0. The van der Waals surface area contributed by atoms with Gasteiger partial charge in [0, 0.05) is 0 Å². The Balaban J connectivity index is 2.02. The lowest BCUT2D eigenvalue weighted by atomic mass is 9.77. The molecule has 1 aliphatic rings. The molecule has 1 aromatic carbocycles. The first kappa shape index (κ1) is 16.5. The van der Waals surface area contributed by atoms with Gasteiger partial charge in [-0.05, 0) is 93.3 Å². The maximum Gasteiger partial charge on any atom is 0.123 e. The molecule has 1 fully saturated rings. The average molecular weight is 291 g/mol. The Morgan fingerprint density at radius 1 is 1.10 bits per heavy atom. The molecule has 1 N–H and O–H groups in total. The first-order valence-electron chi connectivity index (χ1n) is 8.53. The van der Waals surface area contributed by atoms with Crippen LogP contribution >= 0.6 is 0 Å². The van der Waals surface area contributed by atoms with E-state index < -0.39 is 0 Å². The largest absolute Gasteiger partial charge is 0.317 e. The Morgan fingerprint density at radius 2 is 1.71 bits per heavy atom. The molecule has 1 aromatic rings. The van der Waals surface area contributed by atoms with E-state index in [2.05, 4.69) is 12.2 Å². The quantitative estimate of drug-likeness (QED) is 0.702. The number of halogens is 1. The van der Waals surface area contributed by atoms with E-state index >= 15 is 0 Å². The average Bonchev–Trinajstić information content (AvgIpc) is 2.87. The van der Waals surface area contributed by atoms with E-state index in [4.69, 9.17) is 0 Å². The van der Waals surface area contributed by atoms with Crippen LogP contribution in [0.1, 0.15) is 62.1 Å². The van der Waals surface area contributed by atoms with Crippen molar-refractivity contribution < 1.29 is 4.39 Å². The summed E-state index contributed by atoms with van der Waals surface area (Å²) in [7, 11) is 0. The monoisotopic (exact) mass is 291 g/mol. The van der Waals surface area contributed by atoms with Gasteiger partial charge in [0.05, 0.1) is 0 Å². The minimum atomic E-state index is -0.100. The van der Waals surface area contributed by atoms with Crippen molar-refractivity contribution in [3.05, 3.63) is 34.6 Å². The molecule has 0 saturated heterocycles. The van der Waals surface area contributed by atoms with E-state index in [0.717, 1.165) is 30.6 Å². The van der Waals surface area contributed by atoms with Crippen molar-refractivity contribution in [1.29, 1.82) is 0 Å². The van der Waals surface area contributed by atoms with E-state index in [1.807, 2.05) is 13.8 Å². The van der Waals surface area contributed by atoms with Crippen LogP contribution in [0.5, 0.6) is 0 Å². The minimum Gasteiger partial charge on any atom is -0.317 e. The maximum absolute atomic E-state index is 13.4. The number of hydrogen-bond donors (Lipinski definition) is 1. The summed E-state index contributed by atoms with van der Waals surface area (Å²) in [5.74, 6) is -0.100. The fourth-order valence-corrected chi connectivity index (χ4v) is 4.01. The molecule has 0 aliphatic heterocycles. The number of nitrogens with one attached hydrogen (secondary N) is 1. The summed E-state index contributed by atoms with van der Waals surface area (Å²) in [5.41, 5.74) is 4.13. The molecular weight excluding hydrogens is 261 g/mol. The predicted molar refractivity (Wildman–Crippen MR) is 88.3 cm³/mol. The summed E-state index contributed by atoms with van der Waals surface area (Å²) in [5, 5.41) is 3.48. The van der Waals surface area contributed by atoms with Gasteiger partial charge in [-0.15, -0.1) is 0 Å². The van der Waals surface area contributed by atoms with Crippen molar-refractivity contribution in [2.24, 2.45) is 5.41 Å². The summed E-state index contributed by atoms with van der Waals surface area (Å²) in [6, 6.07) is 3.37. The number of benzene rings is 1. The zero-order chi connectivity index (χ0) is 15.3. The van der Waals surface area contributed by atoms with Gasteiger partial charge in [0.25, 0.3) is 0 Å².